The van der Waals surface area contributed by atoms with E-state index in [0.29, 0.717) is 5.39 Å². The van der Waals surface area contributed by atoms with E-state index in [1.54, 1.807) is 0 Å². The maximum atomic E-state index is 14.8. The lowest BCUT2D eigenvalue weighted by Crippen LogP contribution is -2.40. The molecule has 0 saturated carbocycles. The molecule has 20 heavy (non-hydrogen) atoms. The highest BCUT2D eigenvalue weighted by atomic mass is 19.1. The summed E-state index contributed by atoms with van der Waals surface area (Å²) >= 11 is 0. The van der Waals surface area contributed by atoms with Gasteiger partial charge in [0.1, 0.15) is 30.0 Å². The highest BCUT2D eigenvalue weighted by Crippen LogP contribution is 2.42. The molecule has 2 aromatic heterocycles. The van der Waals surface area contributed by atoms with E-state index < -0.39 is 30.7 Å². The van der Waals surface area contributed by atoms with Crippen LogP contribution in [-0.4, -0.2) is 49.2 Å². The quantitative estimate of drug-likeness (QED) is 0.716. The van der Waals surface area contributed by atoms with Gasteiger partial charge in [0.2, 0.25) is 0 Å². The lowest BCUT2D eigenvalue weighted by molar-refractivity contribution is -0.0564. The fraction of sp³-hybridized carbons (Fsp3) is 0.500. The van der Waals surface area contributed by atoms with Gasteiger partial charge in [0.05, 0.1) is 13.4 Å². The Balaban J connectivity index is 2.15. The monoisotopic (exact) mass is 284 g/mol. The van der Waals surface area contributed by atoms with Gasteiger partial charge in [0, 0.05) is 6.20 Å². The Hall–Kier alpha value is -1.77. The van der Waals surface area contributed by atoms with Crippen LogP contribution in [0.2, 0.25) is 0 Å². The number of alkyl halides is 1. The molecule has 8 heteroatoms. The largest absolute Gasteiger partial charge is 0.394 e. The summed E-state index contributed by atoms with van der Waals surface area (Å²) < 4.78 is 29.4. The molecular formula is C12H15FN4O3. The van der Waals surface area contributed by atoms with Crippen molar-refractivity contribution in [3.63, 3.8) is 0 Å². The van der Waals surface area contributed by atoms with Crippen molar-refractivity contribution >= 4 is 16.9 Å². The van der Waals surface area contributed by atoms with Crippen LogP contribution in [0.4, 0.5) is 10.2 Å². The average Bonchev–Trinajstić information content (AvgIpc) is 2.87. The van der Waals surface area contributed by atoms with E-state index in [2.05, 4.69) is 9.97 Å². The summed E-state index contributed by atoms with van der Waals surface area (Å²) in [6.07, 6.45) is -1.22. The number of aliphatic hydroxyl groups is 2. The van der Waals surface area contributed by atoms with E-state index >= 15 is 0 Å². The van der Waals surface area contributed by atoms with Gasteiger partial charge in [0.25, 0.3) is 0 Å². The van der Waals surface area contributed by atoms with Gasteiger partial charge in [0.15, 0.2) is 11.9 Å². The first-order chi connectivity index (χ1) is 9.87. The lowest BCUT2D eigenvalue weighted by Gasteiger charge is -2.25. The predicted octanol–water partition coefficient (Wildman–Crippen LogP) is -0.00770. The molecule has 0 radical (unpaired) electrons. The SMILES string of the molecule is [3H]c1cn(C2OC(CO)C(O)[C@]2(C)F)c2ncnc(N)c12. The van der Waals surface area contributed by atoms with Crippen LogP contribution in [-0.2, 0) is 4.74 Å². The van der Waals surface area contributed by atoms with Gasteiger partial charge < -0.3 is 25.3 Å². The summed E-state index contributed by atoms with van der Waals surface area (Å²) in [6.45, 7) is 0.666. The van der Waals surface area contributed by atoms with Gasteiger partial charge in [-0.05, 0) is 13.0 Å². The van der Waals surface area contributed by atoms with Crippen LogP contribution in [0.25, 0.3) is 11.0 Å². The van der Waals surface area contributed by atoms with E-state index in [4.69, 9.17) is 16.9 Å². The Bertz CT molecular complexity index is 692. The molecule has 1 aliphatic rings. The Kier molecular flexibility index (Phi) is 2.62. The maximum absolute atomic E-state index is 14.8. The van der Waals surface area contributed by atoms with Crippen molar-refractivity contribution in [2.75, 3.05) is 12.3 Å². The fourth-order valence-electron chi connectivity index (χ4n) is 2.46. The first-order valence-corrected chi connectivity index (χ1v) is 6.08. The third-order valence-electron chi connectivity index (χ3n) is 3.60. The van der Waals surface area contributed by atoms with Crippen LogP contribution >= 0.6 is 0 Å². The van der Waals surface area contributed by atoms with E-state index in [0.717, 1.165) is 0 Å². The second-order valence-corrected chi connectivity index (χ2v) is 4.94. The summed E-state index contributed by atoms with van der Waals surface area (Å²) in [5.41, 5.74) is 3.80. The van der Waals surface area contributed by atoms with Crippen LogP contribution in [0, 0.1) is 0 Å². The molecule has 1 fully saturated rings. The molecular weight excluding hydrogens is 267 g/mol. The average molecular weight is 284 g/mol. The van der Waals surface area contributed by atoms with Crippen LogP contribution < -0.4 is 5.73 Å². The number of aliphatic hydroxyl groups excluding tert-OH is 2. The molecule has 0 bridgehead atoms. The number of hydrogen-bond acceptors (Lipinski definition) is 6. The standard InChI is InChI=1S/C12H15FN4O3/c1-12(13)8(19)7(4-18)20-11(12)17-3-2-6-9(14)15-5-16-10(6)17/h2-3,5,7-8,11,18-19H,4H2,1H3,(H2,14,15,16)/t7?,8?,11?,12-/m0/s1/i2T. The highest BCUT2D eigenvalue weighted by Gasteiger charge is 2.54. The highest BCUT2D eigenvalue weighted by molar-refractivity contribution is 5.86. The number of nitrogen functional groups attached to an aromatic ring is 1. The molecule has 2 aromatic rings. The number of aromatic nitrogens is 3. The molecule has 0 amide bonds. The van der Waals surface area contributed by atoms with Crippen molar-refractivity contribution in [2.45, 2.75) is 31.0 Å². The molecule has 1 saturated heterocycles. The minimum absolute atomic E-state index is 0.0319. The molecule has 3 heterocycles. The molecule has 4 atom stereocenters. The molecule has 0 spiro atoms. The summed E-state index contributed by atoms with van der Waals surface area (Å²) in [4.78, 5) is 7.81. The van der Waals surface area contributed by atoms with Gasteiger partial charge in [-0.2, -0.15) is 0 Å². The number of ether oxygens (including phenoxy) is 1. The van der Waals surface area contributed by atoms with Crippen molar-refractivity contribution in [1.29, 1.82) is 0 Å². The third kappa shape index (κ3) is 1.69. The minimum atomic E-state index is -2.15. The fourth-order valence-corrected chi connectivity index (χ4v) is 2.46. The molecule has 4 N–H and O–H groups in total. The Morgan fingerprint density at radius 1 is 1.65 bits per heavy atom. The van der Waals surface area contributed by atoms with Gasteiger partial charge >= 0.3 is 0 Å². The van der Waals surface area contributed by atoms with Crippen molar-refractivity contribution < 1.29 is 20.7 Å². The van der Waals surface area contributed by atoms with Gasteiger partial charge in [-0.3, -0.25) is 0 Å². The van der Waals surface area contributed by atoms with E-state index in [1.807, 2.05) is 0 Å². The first-order valence-electron chi connectivity index (χ1n) is 6.58. The number of halogens is 1. The summed E-state index contributed by atoms with van der Waals surface area (Å²) in [5.74, 6) is 0.113. The number of hydrogen-bond donors (Lipinski definition) is 3. The number of fused-ring (bicyclic) bond motifs is 1. The first kappa shape index (κ1) is 12.0. The lowest BCUT2D eigenvalue weighted by atomic mass is 9.98. The van der Waals surface area contributed by atoms with Crippen molar-refractivity contribution in [3.05, 3.63) is 18.6 Å². The number of nitrogens with zero attached hydrogens (tertiary/aromatic N) is 3. The zero-order valence-corrected chi connectivity index (χ0v) is 10.7. The third-order valence-corrected chi connectivity index (χ3v) is 3.60. The minimum Gasteiger partial charge on any atom is -0.394 e. The molecule has 3 rings (SSSR count). The number of rotatable bonds is 2. The second-order valence-electron chi connectivity index (χ2n) is 4.94. The summed E-state index contributed by atoms with van der Waals surface area (Å²) in [7, 11) is 0. The van der Waals surface area contributed by atoms with E-state index in [9.17, 15) is 9.50 Å². The molecule has 7 nitrogen and oxygen atoms in total. The van der Waals surface area contributed by atoms with Crippen molar-refractivity contribution in [3.8, 4) is 0 Å². The maximum Gasteiger partial charge on any atom is 0.181 e. The zero-order chi connectivity index (χ0) is 15.4. The molecule has 0 aliphatic carbocycles. The van der Waals surface area contributed by atoms with Crippen LogP contribution in [0.5, 0.6) is 0 Å². The normalized spacial score (nSPS) is 34.6. The van der Waals surface area contributed by atoms with Crippen molar-refractivity contribution in [2.24, 2.45) is 0 Å². The van der Waals surface area contributed by atoms with E-state index in [1.165, 1.54) is 24.0 Å². The Morgan fingerprint density at radius 2 is 2.40 bits per heavy atom. The molecule has 3 unspecified atom stereocenters. The predicted molar refractivity (Wildman–Crippen MR) is 68.5 cm³/mol. The smallest absolute Gasteiger partial charge is 0.181 e. The Morgan fingerprint density at radius 3 is 3.05 bits per heavy atom. The van der Waals surface area contributed by atoms with Crippen LogP contribution in [0.1, 0.15) is 14.5 Å². The van der Waals surface area contributed by atoms with E-state index in [-0.39, 0.29) is 17.5 Å². The molecule has 1 aliphatic heterocycles. The zero-order valence-electron chi connectivity index (χ0n) is 11.7. The van der Waals surface area contributed by atoms with Crippen LogP contribution in [0.15, 0.2) is 18.6 Å². The number of anilines is 1. The Labute approximate surface area is 115 Å². The topological polar surface area (TPSA) is 106 Å². The van der Waals surface area contributed by atoms with Gasteiger partial charge in [-0.15, -0.1) is 0 Å². The number of nitrogens with two attached hydrogens (primary N) is 1. The summed E-state index contributed by atoms with van der Waals surface area (Å²) in [5, 5.41) is 19.3. The van der Waals surface area contributed by atoms with Gasteiger partial charge in [-0.25, -0.2) is 14.4 Å². The molecule has 0 aromatic carbocycles. The van der Waals surface area contributed by atoms with Crippen LogP contribution in [0.3, 0.4) is 0 Å². The summed E-state index contributed by atoms with van der Waals surface area (Å²) in [6, 6.07) is 0.0319. The van der Waals surface area contributed by atoms with Crippen molar-refractivity contribution in [1.82, 2.24) is 14.5 Å². The van der Waals surface area contributed by atoms with Gasteiger partial charge in [-0.1, -0.05) is 0 Å². The second kappa shape index (κ2) is 4.37. The molecule has 108 valence electrons.